The third-order valence-corrected chi connectivity index (χ3v) is 7.35. The van der Waals surface area contributed by atoms with Crippen LogP contribution in [0.25, 0.3) is 6.08 Å². The maximum Gasteiger partial charge on any atom is 0.270 e. The molecule has 2 saturated heterocycles. The molecule has 0 aromatic heterocycles. The zero-order valence-corrected chi connectivity index (χ0v) is 21.9. The molecule has 5 rings (SSSR count). The zero-order valence-electron chi connectivity index (χ0n) is 21.9. The van der Waals surface area contributed by atoms with Crippen LogP contribution in [0.2, 0.25) is 0 Å². The Kier molecular flexibility index (Phi) is 8.77. The van der Waals surface area contributed by atoms with Crippen molar-refractivity contribution in [2.24, 2.45) is 0 Å². The van der Waals surface area contributed by atoms with Gasteiger partial charge in [-0.25, -0.2) is 0 Å². The second-order valence-electron chi connectivity index (χ2n) is 10.2. The Bertz CT molecular complexity index is 1270. The molecule has 0 spiro atoms. The van der Waals surface area contributed by atoms with Crippen molar-refractivity contribution in [1.82, 2.24) is 0 Å². The minimum atomic E-state index is -1.79. The molecule has 42 heavy (non-hydrogen) atoms. The topological polar surface area (TPSA) is 252 Å². The number of phenolic OH excluding ortho intramolecular Hbond substituents is 3. The van der Waals surface area contributed by atoms with Crippen molar-refractivity contribution in [3.05, 3.63) is 53.3 Å². The average Bonchev–Trinajstić information content (AvgIpc) is 2.97. The highest BCUT2D eigenvalue weighted by molar-refractivity contribution is 5.69. The van der Waals surface area contributed by atoms with Crippen LogP contribution >= 0.6 is 0 Å². The average molecular weight is 598 g/mol. The lowest BCUT2D eigenvalue weighted by Gasteiger charge is -2.43. The van der Waals surface area contributed by atoms with Gasteiger partial charge in [-0.05, 0) is 24.3 Å². The minimum absolute atomic E-state index is 0.0120. The van der Waals surface area contributed by atoms with Gasteiger partial charge in [-0.2, -0.15) is 0 Å². The first-order valence-electron chi connectivity index (χ1n) is 13.0. The van der Waals surface area contributed by atoms with Crippen molar-refractivity contribution in [2.75, 3.05) is 13.2 Å². The van der Waals surface area contributed by atoms with Gasteiger partial charge in [0.15, 0.2) is 12.0 Å². The lowest BCUT2D eigenvalue weighted by Crippen LogP contribution is -2.61. The van der Waals surface area contributed by atoms with Gasteiger partial charge in [0.1, 0.15) is 71.6 Å². The first kappa shape index (κ1) is 30.2. The number of aromatic hydroxyl groups is 4. The lowest BCUT2D eigenvalue weighted by atomic mass is 9.98. The fraction of sp³-hybridized carbons (Fsp3) is 0.481. The summed E-state index contributed by atoms with van der Waals surface area (Å²) in [6.07, 6.45) is -15.6. The van der Waals surface area contributed by atoms with E-state index in [0.717, 1.165) is 6.07 Å². The van der Waals surface area contributed by atoms with Crippen molar-refractivity contribution < 1.29 is 74.7 Å². The van der Waals surface area contributed by atoms with Gasteiger partial charge in [0, 0.05) is 12.1 Å². The molecule has 11 unspecified atom stereocenters. The molecule has 2 fully saturated rings. The van der Waals surface area contributed by atoms with E-state index >= 15 is 0 Å². The Labute approximate surface area is 238 Å². The Morgan fingerprint density at radius 3 is 2.00 bits per heavy atom. The molecule has 0 saturated carbocycles. The fourth-order valence-electron chi connectivity index (χ4n) is 4.96. The van der Waals surface area contributed by atoms with Gasteiger partial charge in [-0.15, -0.1) is 0 Å². The van der Waals surface area contributed by atoms with E-state index in [1.807, 2.05) is 0 Å². The number of hydrogen-bond acceptors (Lipinski definition) is 14. The number of rotatable bonds is 7. The van der Waals surface area contributed by atoms with E-state index in [4.69, 9.17) is 18.9 Å². The first-order chi connectivity index (χ1) is 20.0. The molecule has 11 N–H and O–H groups in total. The van der Waals surface area contributed by atoms with E-state index in [2.05, 4.69) is 4.74 Å². The van der Waals surface area contributed by atoms with Crippen molar-refractivity contribution in [3.63, 3.8) is 0 Å². The van der Waals surface area contributed by atoms with Gasteiger partial charge in [0.05, 0.1) is 24.8 Å². The fourth-order valence-corrected chi connectivity index (χ4v) is 4.96. The Morgan fingerprint density at radius 1 is 0.714 bits per heavy atom. The highest BCUT2D eigenvalue weighted by atomic mass is 16.7. The van der Waals surface area contributed by atoms with Crippen LogP contribution in [0.3, 0.4) is 0 Å². The van der Waals surface area contributed by atoms with Gasteiger partial charge in [-0.1, -0.05) is 0 Å². The van der Waals surface area contributed by atoms with E-state index in [1.165, 1.54) is 24.3 Å². The summed E-state index contributed by atoms with van der Waals surface area (Å²) in [7, 11) is 0. The molecule has 2 aromatic carbocycles. The highest BCUT2D eigenvalue weighted by Crippen LogP contribution is 2.45. The van der Waals surface area contributed by atoms with Gasteiger partial charge < -0.3 is 74.7 Å². The summed E-state index contributed by atoms with van der Waals surface area (Å²) >= 11 is 0. The molecule has 3 heterocycles. The molecule has 0 aliphatic carbocycles. The lowest BCUT2D eigenvalue weighted by molar-refractivity contribution is -0.328. The van der Waals surface area contributed by atoms with Crippen LogP contribution < -0.4 is 0 Å². The molecule has 0 radical (unpaired) electrons. The van der Waals surface area contributed by atoms with Crippen LogP contribution in [0.4, 0.5) is 0 Å². The number of hydrogen-bond donors (Lipinski definition) is 10. The monoisotopic (exact) mass is 597 g/mol. The molecule has 0 bridgehead atoms. The molecular weight excluding hydrogens is 564 g/mol. The summed E-state index contributed by atoms with van der Waals surface area (Å²) in [5.74, 6) is -0.296. The minimum Gasteiger partial charge on any atom is -0.571 e. The molecule has 15 heteroatoms. The predicted octanol–water partition coefficient (Wildman–Crippen LogP) is -2.22. The normalized spacial score (nSPS) is 36.5. The highest BCUT2D eigenvalue weighted by Gasteiger charge is 2.49. The summed E-state index contributed by atoms with van der Waals surface area (Å²) in [5, 5.41) is 101. The molecule has 2 aromatic rings. The molecular formula is C27H33O15+. The second kappa shape index (κ2) is 12.2. The largest absolute Gasteiger partial charge is 0.571 e. The van der Waals surface area contributed by atoms with Crippen molar-refractivity contribution in [1.29, 1.82) is 0 Å². The summed E-state index contributed by atoms with van der Waals surface area (Å²) in [6, 6.07) is 8.37. The molecule has 3 aliphatic heterocycles. The van der Waals surface area contributed by atoms with Gasteiger partial charge in [0.2, 0.25) is 6.29 Å². The summed E-state index contributed by atoms with van der Waals surface area (Å²) in [5.41, 5.74) is 0.701. The maximum absolute atomic E-state index is 10.7. The SMILES string of the molecule is OCC1OC(OCC2OC(OC3=Cc4c(O)cc(O)cc4[OH+]C3c3ccc(O)cc3)C(O)C(O)C2O)C(O)C(O)C1O. The van der Waals surface area contributed by atoms with E-state index in [-0.39, 0.29) is 34.3 Å². The third-order valence-electron chi connectivity index (χ3n) is 7.35. The summed E-state index contributed by atoms with van der Waals surface area (Å²) < 4.78 is 27.0. The summed E-state index contributed by atoms with van der Waals surface area (Å²) in [4.78, 5) is 0. The molecule has 3 aliphatic rings. The number of phenols is 3. The first-order valence-corrected chi connectivity index (χ1v) is 13.0. The standard InChI is InChI=1S/C27H32O15/c28-8-17-19(32)21(34)23(36)26(41-17)38-9-18-20(33)22(35)24(37)27(42-18)40-16-7-13-14(31)5-12(30)6-15(13)39-25(16)10-1-3-11(29)4-2-10/h1-7,17-37H,8-9H2/p+1. The Morgan fingerprint density at radius 2 is 1.33 bits per heavy atom. The van der Waals surface area contributed by atoms with E-state index in [9.17, 15) is 51.1 Å². The number of aliphatic hydroxyl groups is 8. The van der Waals surface area contributed by atoms with Crippen LogP contribution in [-0.2, 0) is 18.9 Å². The maximum atomic E-state index is 10.7. The molecule has 11 atom stereocenters. The van der Waals surface area contributed by atoms with E-state index in [0.29, 0.717) is 5.56 Å². The molecule has 230 valence electrons. The quantitative estimate of drug-likeness (QED) is 0.152. The van der Waals surface area contributed by atoms with Gasteiger partial charge in [0.25, 0.3) is 11.9 Å². The van der Waals surface area contributed by atoms with Crippen molar-refractivity contribution in [3.8, 4) is 23.0 Å². The number of ether oxygens (including phenoxy) is 5. The number of benzene rings is 2. The van der Waals surface area contributed by atoms with Crippen LogP contribution in [-0.4, -0.2) is 130 Å². The van der Waals surface area contributed by atoms with Gasteiger partial charge >= 0.3 is 0 Å². The van der Waals surface area contributed by atoms with Crippen LogP contribution in [0.5, 0.6) is 23.0 Å². The van der Waals surface area contributed by atoms with E-state index < -0.39 is 80.7 Å². The number of fused-ring (bicyclic) bond motifs is 1. The van der Waals surface area contributed by atoms with Crippen LogP contribution in [0.1, 0.15) is 17.2 Å². The summed E-state index contributed by atoms with van der Waals surface area (Å²) in [6.45, 7) is -1.24. The number of aliphatic hydroxyl groups excluding tert-OH is 7. The second-order valence-corrected chi connectivity index (χ2v) is 10.2. The molecule has 15 nitrogen and oxygen atoms in total. The van der Waals surface area contributed by atoms with Gasteiger partial charge in [-0.3, -0.25) is 0 Å². The zero-order chi connectivity index (χ0) is 30.3. The van der Waals surface area contributed by atoms with E-state index in [1.54, 1.807) is 12.1 Å². The Balaban J connectivity index is 1.37. The Hall–Kier alpha value is -3.22. The van der Waals surface area contributed by atoms with Crippen LogP contribution in [0.15, 0.2) is 42.2 Å². The third kappa shape index (κ3) is 5.84. The van der Waals surface area contributed by atoms with Crippen molar-refractivity contribution >= 4 is 6.08 Å². The smallest absolute Gasteiger partial charge is 0.270 e. The molecule has 0 amide bonds. The predicted molar refractivity (Wildman–Crippen MR) is 138 cm³/mol. The van der Waals surface area contributed by atoms with Crippen molar-refractivity contribution in [2.45, 2.75) is 67.5 Å². The van der Waals surface area contributed by atoms with Crippen LogP contribution in [0, 0.1) is 0 Å².